The number of rotatable bonds is 7. The van der Waals surface area contributed by atoms with Gasteiger partial charge in [0.2, 0.25) is 20.0 Å². The van der Waals surface area contributed by atoms with Crippen LogP contribution in [0, 0.1) is 0 Å². The lowest BCUT2D eigenvalue weighted by molar-refractivity contribution is 0.0697. The van der Waals surface area contributed by atoms with Crippen molar-refractivity contribution in [3.05, 3.63) is 23.8 Å². The minimum absolute atomic E-state index is 0.157. The quantitative estimate of drug-likeness (QED) is 0.468. The van der Waals surface area contributed by atoms with E-state index in [4.69, 9.17) is 15.4 Å². The van der Waals surface area contributed by atoms with E-state index in [1.807, 2.05) is 0 Å². The normalized spacial score (nSPS) is 12.1. The van der Waals surface area contributed by atoms with Gasteiger partial charge in [-0.15, -0.1) is 0 Å². The lowest BCUT2D eigenvalue weighted by Gasteiger charge is -2.10. The fourth-order valence-electron chi connectivity index (χ4n) is 1.53. The first-order valence-corrected chi connectivity index (χ1v) is 8.91. The zero-order valence-corrected chi connectivity index (χ0v) is 12.4. The van der Waals surface area contributed by atoms with Crippen LogP contribution >= 0.6 is 0 Å². The third-order valence-corrected chi connectivity index (χ3v) is 4.24. The highest BCUT2D eigenvalue weighted by molar-refractivity contribution is 7.89. The summed E-state index contributed by atoms with van der Waals surface area (Å²) in [4.78, 5) is 10.8. The van der Waals surface area contributed by atoms with E-state index >= 15 is 0 Å². The summed E-state index contributed by atoms with van der Waals surface area (Å²) in [5.41, 5.74) is -0.124. The Kier molecular flexibility index (Phi) is 5.28. The molecule has 0 heterocycles. The van der Waals surface area contributed by atoms with E-state index in [-0.39, 0.29) is 34.9 Å². The first-order valence-electron chi connectivity index (χ1n) is 5.65. The fraction of sp³-hybridized carbons (Fsp3) is 0.300. The monoisotopic (exact) mass is 337 g/mol. The summed E-state index contributed by atoms with van der Waals surface area (Å²) in [6.45, 7) is 0.158. The molecule has 1 aromatic carbocycles. The van der Waals surface area contributed by atoms with Crippen molar-refractivity contribution < 1.29 is 26.7 Å². The first-order chi connectivity index (χ1) is 9.50. The molecule has 0 aliphatic carbocycles. The Morgan fingerprint density at radius 2 is 1.81 bits per heavy atom. The van der Waals surface area contributed by atoms with Crippen molar-refractivity contribution in [2.24, 2.45) is 10.3 Å². The van der Waals surface area contributed by atoms with Gasteiger partial charge >= 0.3 is 5.97 Å². The predicted molar refractivity (Wildman–Crippen MR) is 75.9 cm³/mol. The molecule has 0 amide bonds. The number of carbonyl (C=O) groups is 1. The summed E-state index contributed by atoms with van der Waals surface area (Å²) in [6.07, 6.45) is 0.175. The van der Waals surface area contributed by atoms with Gasteiger partial charge in [-0.3, -0.25) is 0 Å². The molecule has 0 saturated heterocycles. The maximum atomic E-state index is 11.2. The van der Waals surface area contributed by atoms with Gasteiger partial charge in [0.1, 0.15) is 0 Å². The van der Waals surface area contributed by atoms with Gasteiger partial charge in [-0.1, -0.05) is 0 Å². The molecule has 0 aliphatic rings. The molecule has 0 aromatic heterocycles. The maximum Gasteiger partial charge on any atom is 0.337 e. The first kappa shape index (κ1) is 17.4. The van der Waals surface area contributed by atoms with Gasteiger partial charge in [0.05, 0.1) is 16.2 Å². The molecule has 0 radical (unpaired) electrons. The molecule has 9 nitrogen and oxygen atoms in total. The van der Waals surface area contributed by atoms with Crippen molar-refractivity contribution in [1.82, 2.24) is 0 Å². The molecule has 0 bridgehead atoms. The number of carboxylic acids is 1. The van der Waals surface area contributed by atoms with Gasteiger partial charge in [-0.25, -0.2) is 31.9 Å². The third-order valence-electron chi connectivity index (χ3n) is 2.47. The average Bonchev–Trinajstić information content (AvgIpc) is 2.32. The van der Waals surface area contributed by atoms with Gasteiger partial charge in [0.15, 0.2) is 0 Å². The van der Waals surface area contributed by atoms with Crippen LogP contribution in [0.1, 0.15) is 16.8 Å². The molecule has 118 valence electrons. The van der Waals surface area contributed by atoms with Crippen LogP contribution in [-0.4, -0.2) is 40.2 Å². The molecular formula is C10H15N3O6S2. The highest BCUT2D eigenvalue weighted by atomic mass is 32.2. The third kappa shape index (κ3) is 5.67. The van der Waals surface area contributed by atoms with E-state index in [1.54, 1.807) is 0 Å². The molecule has 1 rings (SSSR count). The molecule has 0 fully saturated rings. The summed E-state index contributed by atoms with van der Waals surface area (Å²) in [7, 11) is -7.59. The van der Waals surface area contributed by atoms with E-state index in [0.29, 0.717) is 0 Å². The Bertz CT molecular complexity index is 742. The molecule has 0 atom stereocenters. The number of hydrogen-bond donors (Lipinski definition) is 4. The molecule has 0 aliphatic heterocycles. The van der Waals surface area contributed by atoms with E-state index in [9.17, 15) is 21.6 Å². The van der Waals surface area contributed by atoms with Crippen molar-refractivity contribution in [2.45, 2.75) is 11.3 Å². The lowest BCUT2D eigenvalue weighted by atomic mass is 10.2. The Hall–Kier alpha value is -1.69. The number of anilines is 1. The van der Waals surface area contributed by atoms with Crippen molar-refractivity contribution in [2.75, 3.05) is 17.6 Å². The number of carboxylic acid groups (broad SMARTS) is 1. The second-order valence-corrected chi connectivity index (χ2v) is 7.50. The van der Waals surface area contributed by atoms with Gasteiger partial charge in [0.25, 0.3) is 0 Å². The van der Waals surface area contributed by atoms with Crippen molar-refractivity contribution in [1.29, 1.82) is 0 Å². The van der Waals surface area contributed by atoms with Gasteiger partial charge in [-0.05, 0) is 24.6 Å². The summed E-state index contributed by atoms with van der Waals surface area (Å²) < 4.78 is 43.8. The number of primary sulfonamides is 2. The molecule has 11 heteroatoms. The average molecular weight is 337 g/mol. The Labute approximate surface area is 122 Å². The molecule has 1 aromatic rings. The molecule has 6 N–H and O–H groups in total. The predicted octanol–water partition coefficient (Wildman–Crippen LogP) is -0.877. The van der Waals surface area contributed by atoms with Gasteiger partial charge < -0.3 is 10.4 Å². The summed E-state index contributed by atoms with van der Waals surface area (Å²) in [5, 5.41) is 21.5. The van der Waals surface area contributed by atoms with Gasteiger partial charge in [0, 0.05) is 12.2 Å². The molecule has 0 saturated carbocycles. The number of aromatic carboxylic acids is 1. The topological polar surface area (TPSA) is 170 Å². The zero-order chi connectivity index (χ0) is 16.3. The molecule has 21 heavy (non-hydrogen) atoms. The van der Waals surface area contributed by atoms with Crippen LogP contribution in [0.15, 0.2) is 23.1 Å². The Morgan fingerprint density at radius 3 is 2.29 bits per heavy atom. The Balaban J connectivity index is 2.90. The van der Waals surface area contributed by atoms with Crippen molar-refractivity contribution in [3.63, 3.8) is 0 Å². The van der Waals surface area contributed by atoms with Crippen LogP contribution in [0.25, 0.3) is 0 Å². The number of nitrogens with one attached hydrogen (secondary N) is 1. The van der Waals surface area contributed by atoms with Crippen LogP contribution < -0.4 is 15.6 Å². The van der Waals surface area contributed by atoms with E-state index in [0.717, 1.165) is 12.1 Å². The SMILES string of the molecule is NS(=O)(=O)CCCNc1ccc(S(N)(=O)=O)cc1C(=O)O. The summed E-state index contributed by atoms with van der Waals surface area (Å²) in [6, 6.07) is 3.34. The van der Waals surface area contributed by atoms with E-state index in [1.165, 1.54) is 6.07 Å². The van der Waals surface area contributed by atoms with Crippen LogP contribution in [0.4, 0.5) is 5.69 Å². The number of hydrogen-bond acceptors (Lipinski definition) is 6. The number of benzene rings is 1. The van der Waals surface area contributed by atoms with E-state index < -0.39 is 26.0 Å². The fourth-order valence-corrected chi connectivity index (χ4v) is 2.61. The smallest absolute Gasteiger partial charge is 0.337 e. The second-order valence-electron chi connectivity index (χ2n) is 4.20. The largest absolute Gasteiger partial charge is 0.478 e. The summed E-state index contributed by atoms with van der Waals surface area (Å²) >= 11 is 0. The van der Waals surface area contributed by atoms with Crippen molar-refractivity contribution in [3.8, 4) is 0 Å². The van der Waals surface area contributed by atoms with Crippen LogP contribution in [0.5, 0.6) is 0 Å². The molecule has 0 spiro atoms. The van der Waals surface area contributed by atoms with E-state index in [2.05, 4.69) is 5.32 Å². The molecular weight excluding hydrogens is 322 g/mol. The minimum Gasteiger partial charge on any atom is -0.478 e. The van der Waals surface area contributed by atoms with Gasteiger partial charge in [-0.2, -0.15) is 0 Å². The lowest BCUT2D eigenvalue weighted by Crippen LogP contribution is -2.19. The zero-order valence-electron chi connectivity index (χ0n) is 10.8. The second kappa shape index (κ2) is 6.39. The number of sulfonamides is 2. The maximum absolute atomic E-state index is 11.2. The van der Waals surface area contributed by atoms with Crippen molar-refractivity contribution >= 4 is 31.7 Å². The highest BCUT2D eigenvalue weighted by Gasteiger charge is 2.15. The highest BCUT2D eigenvalue weighted by Crippen LogP contribution is 2.20. The standard InChI is InChI=1S/C10H15N3O6S2/c11-20(16,17)5-1-4-13-9-3-2-7(21(12,18)19)6-8(9)10(14)15/h2-3,6,13H,1,4-5H2,(H,14,15)(H2,11,16,17)(H2,12,18,19). The Morgan fingerprint density at radius 1 is 1.19 bits per heavy atom. The van der Waals surface area contributed by atoms with Crippen LogP contribution in [0.3, 0.4) is 0 Å². The number of nitrogens with two attached hydrogens (primary N) is 2. The van der Waals surface area contributed by atoms with Crippen LogP contribution in [-0.2, 0) is 20.0 Å². The summed E-state index contributed by atoms with van der Waals surface area (Å²) in [5.74, 6) is -1.59. The molecule has 0 unspecified atom stereocenters. The van der Waals surface area contributed by atoms with Crippen LogP contribution in [0.2, 0.25) is 0 Å². The minimum atomic E-state index is -4.01.